The molecule has 4 heteroatoms. The Labute approximate surface area is 169 Å². The predicted octanol–water partition coefficient (Wildman–Crippen LogP) is 3.62. The summed E-state index contributed by atoms with van der Waals surface area (Å²) in [6.07, 6.45) is 3.62. The first-order chi connectivity index (χ1) is 13.8. The first-order valence-corrected chi connectivity index (χ1v) is 10.6. The van der Waals surface area contributed by atoms with Crippen LogP contribution >= 0.6 is 0 Å². The lowest BCUT2D eigenvalue weighted by Gasteiger charge is -2.33. The lowest BCUT2D eigenvalue weighted by atomic mass is 10.0. The van der Waals surface area contributed by atoms with Crippen LogP contribution in [0.4, 0.5) is 0 Å². The van der Waals surface area contributed by atoms with Gasteiger partial charge < -0.3 is 10.6 Å². The molecule has 2 aromatic rings. The molecule has 0 bridgehead atoms. The highest BCUT2D eigenvalue weighted by Crippen LogP contribution is 2.46. The number of nitrogens with one attached hydrogen (secondary N) is 2. The molecule has 2 atom stereocenters. The van der Waals surface area contributed by atoms with E-state index in [1.165, 1.54) is 30.4 Å². The Morgan fingerprint density at radius 2 is 1.68 bits per heavy atom. The molecule has 2 N–H and O–H groups in total. The maximum absolute atomic E-state index is 4.45. The van der Waals surface area contributed by atoms with Crippen molar-refractivity contribution in [1.82, 2.24) is 15.5 Å². The fraction of sp³-hybridized carbons (Fsp3) is 0.458. The van der Waals surface area contributed by atoms with Crippen LogP contribution in [0.25, 0.3) is 0 Å². The fourth-order valence-corrected chi connectivity index (χ4v) is 4.27. The van der Waals surface area contributed by atoms with Crippen molar-refractivity contribution in [3.8, 4) is 0 Å². The molecule has 148 valence electrons. The standard InChI is InChI=1S/C24H32N4/c1-25-24(26-17-21-16-23(21)20-10-6-3-7-11-20)27-22-12-14-28(15-13-22)18-19-8-4-2-5-9-19/h2-11,21-23H,12-18H2,1H3,(H2,25,26,27). The van der Waals surface area contributed by atoms with E-state index >= 15 is 0 Å². The molecular formula is C24H32N4. The number of rotatable bonds is 6. The summed E-state index contributed by atoms with van der Waals surface area (Å²) in [5.74, 6) is 2.40. The van der Waals surface area contributed by atoms with Gasteiger partial charge >= 0.3 is 0 Å². The van der Waals surface area contributed by atoms with Crippen molar-refractivity contribution in [2.75, 3.05) is 26.7 Å². The molecule has 0 aromatic heterocycles. The highest BCUT2D eigenvalue weighted by molar-refractivity contribution is 5.80. The zero-order chi connectivity index (χ0) is 19.2. The number of benzene rings is 2. The van der Waals surface area contributed by atoms with E-state index in [0.29, 0.717) is 12.0 Å². The Bertz CT molecular complexity index is 751. The Morgan fingerprint density at radius 3 is 2.36 bits per heavy atom. The van der Waals surface area contributed by atoms with Crippen LogP contribution in [0.5, 0.6) is 0 Å². The van der Waals surface area contributed by atoms with Crippen LogP contribution in [-0.2, 0) is 6.54 Å². The van der Waals surface area contributed by atoms with E-state index in [2.05, 4.69) is 81.2 Å². The normalized spacial score (nSPS) is 23.4. The highest BCUT2D eigenvalue weighted by Gasteiger charge is 2.37. The van der Waals surface area contributed by atoms with Crippen molar-refractivity contribution in [2.24, 2.45) is 10.9 Å². The Morgan fingerprint density at radius 1 is 1.00 bits per heavy atom. The molecule has 1 saturated carbocycles. The monoisotopic (exact) mass is 376 g/mol. The summed E-state index contributed by atoms with van der Waals surface area (Å²) >= 11 is 0. The van der Waals surface area contributed by atoms with Crippen LogP contribution in [0.15, 0.2) is 65.7 Å². The molecule has 0 radical (unpaired) electrons. The summed E-state index contributed by atoms with van der Waals surface area (Å²) in [5.41, 5.74) is 2.88. The van der Waals surface area contributed by atoms with Gasteiger partial charge in [0.15, 0.2) is 5.96 Å². The van der Waals surface area contributed by atoms with E-state index in [1.807, 2.05) is 7.05 Å². The van der Waals surface area contributed by atoms with E-state index in [-0.39, 0.29) is 0 Å². The Hall–Kier alpha value is -2.33. The lowest BCUT2D eigenvalue weighted by Crippen LogP contribution is -2.48. The van der Waals surface area contributed by atoms with E-state index in [9.17, 15) is 0 Å². The van der Waals surface area contributed by atoms with Crippen LogP contribution in [0.3, 0.4) is 0 Å². The number of hydrogen-bond donors (Lipinski definition) is 2. The maximum atomic E-state index is 4.45. The zero-order valence-corrected chi connectivity index (χ0v) is 16.8. The van der Waals surface area contributed by atoms with Gasteiger partial charge in [-0.25, -0.2) is 0 Å². The van der Waals surface area contributed by atoms with Gasteiger partial charge in [0.05, 0.1) is 0 Å². The molecule has 2 unspecified atom stereocenters. The zero-order valence-electron chi connectivity index (χ0n) is 16.8. The second-order valence-corrected chi connectivity index (χ2v) is 8.15. The number of likely N-dealkylation sites (tertiary alicyclic amines) is 1. The van der Waals surface area contributed by atoms with Gasteiger partial charge in [-0.2, -0.15) is 0 Å². The lowest BCUT2D eigenvalue weighted by molar-refractivity contribution is 0.198. The van der Waals surface area contributed by atoms with Gasteiger partial charge in [-0.3, -0.25) is 9.89 Å². The maximum Gasteiger partial charge on any atom is 0.191 e. The quantitative estimate of drug-likeness (QED) is 0.597. The number of piperidine rings is 1. The number of guanidine groups is 1. The topological polar surface area (TPSA) is 39.7 Å². The predicted molar refractivity (Wildman–Crippen MR) is 117 cm³/mol. The largest absolute Gasteiger partial charge is 0.356 e. The SMILES string of the molecule is CN=C(NCC1CC1c1ccccc1)NC1CCN(Cc2ccccc2)CC1. The van der Waals surface area contributed by atoms with Crippen LogP contribution in [0.1, 0.15) is 36.3 Å². The molecule has 1 aliphatic carbocycles. The average molecular weight is 377 g/mol. The summed E-state index contributed by atoms with van der Waals surface area (Å²) in [6.45, 7) is 4.35. The number of hydrogen-bond acceptors (Lipinski definition) is 2. The summed E-state index contributed by atoms with van der Waals surface area (Å²) in [6, 6.07) is 22.2. The molecule has 1 heterocycles. The third kappa shape index (κ3) is 5.14. The first-order valence-electron chi connectivity index (χ1n) is 10.6. The van der Waals surface area contributed by atoms with Gasteiger partial charge in [0.25, 0.3) is 0 Å². The summed E-state index contributed by atoms with van der Waals surface area (Å²) in [7, 11) is 1.88. The van der Waals surface area contributed by atoms with Crippen molar-refractivity contribution in [3.05, 3.63) is 71.8 Å². The summed E-state index contributed by atoms with van der Waals surface area (Å²) in [4.78, 5) is 7.00. The van der Waals surface area contributed by atoms with Gasteiger partial charge in [0, 0.05) is 39.3 Å². The van der Waals surface area contributed by atoms with Crippen molar-refractivity contribution in [1.29, 1.82) is 0 Å². The van der Waals surface area contributed by atoms with E-state index in [1.54, 1.807) is 0 Å². The minimum absolute atomic E-state index is 0.516. The fourth-order valence-electron chi connectivity index (χ4n) is 4.27. The molecule has 1 saturated heterocycles. The van der Waals surface area contributed by atoms with E-state index < -0.39 is 0 Å². The van der Waals surface area contributed by atoms with E-state index in [0.717, 1.165) is 38.1 Å². The second-order valence-electron chi connectivity index (χ2n) is 8.15. The molecule has 4 nitrogen and oxygen atoms in total. The minimum atomic E-state index is 0.516. The van der Waals surface area contributed by atoms with Gasteiger partial charge in [0.1, 0.15) is 0 Å². The van der Waals surface area contributed by atoms with Gasteiger partial charge in [-0.15, -0.1) is 0 Å². The van der Waals surface area contributed by atoms with Gasteiger partial charge in [0.2, 0.25) is 0 Å². The molecule has 2 fully saturated rings. The van der Waals surface area contributed by atoms with Gasteiger partial charge in [-0.1, -0.05) is 60.7 Å². The first kappa shape index (κ1) is 19.0. The van der Waals surface area contributed by atoms with Crippen molar-refractivity contribution in [2.45, 2.75) is 37.8 Å². The average Bonchev–Trinajstić information content (AvgIpc) is 3.53. The van der Waals surface area contributed by atoms with Crippen molar-refractivity contribution >= 4 is 5.96 Å². The Balaban J connectivity index is 1.17. The number of nitrogens with zero attached hydrogens (tertiary/aromatic N) is 2. The van der Waals surface area contributed by atoms with E-state index in [4.69, 9.17) is 0 Å². The minimum Gasteiger partial charge on any atom is -0.356 e. The van der Waals surface area contributed by atoms with Crippen LogP contribution in [0.2, 0.25) is 0 Å². The van der Waals surface area contributed by atoms with Gasteiger partial charge in [-0.05, 0) is 42.2 Å². The second kappa shape index (κ2) is 9.24. The number of aliphatic imine (C=N–C) groups is 1. The van der Waals surface area contributed by atoms with Crippen molar-refractivity contribution < 1.29 is 0 Å². The van der Waals surface area contributed by atoms with Crippen LogP contribution in [0, 0.1) is 5.92 Å². The molecular weight excluding hydrogens is 344 g/mol. The molecule has 1 aliphatic heterocycles. The van der Waals surface area contributed by atoms with Crippen LogP contribution in [-0.4, -0.2) is 43.6 Å². The molecule has 4 rings (SSSR count). The Kier molecular flexibility index (Phi) is 6.27. The highest BCUT2D eigenvalue weighted by atomic mass is 15.2. The third-order valence-electron chi connectivity index (χ3n) is 6.08. The molecule has 0 spiro atoms. The molecule has 28 heavy (non-hydrogen) atoms. The molecule has 2 aliphatic rings. The van der Waals surface area contributed by atoms with Crippen LogP contribution < -0.4 is 10.6 Å². The van der Waals surface area contributed by atoms with Crippen molar-refractivity contribution in [3.63, 3.8) is 0 Å². The smallest absolute Gasteiger partial charge is 0.191 e. The summed E-state index contributed by atoms with van der Waals surface area (Å²) < 4.78 is 0. The summed E-state index contributed by atoms with van der Waals surface area (Å²) in [5, 5.41) is 7.19. The molecule has 0 amide bonds. The molecule has 2 aromatic carbocycles. The third-order valence-corrected chi connectivity index (χ3v) is 6.08.